The molecule has 1 aliphatic heterocycles. The Morgan fingerprint density at radius 1 is 1.83 bits per heavy atom. The van der Waals surface area contributed by atoms with Crippen LogP contribution >= 0.6 is 0 Å². The molecule has 68 valence electrons. The first-order valence-electron chi connectivity index (χ1n) is 4.26. The maximum Gasteiger partial charge on any atom is 0.239 e. The third-order valence-corrected chi connectivity index (χ3v) is 2.38. The molecule has 0 bridgehead atoms. The molecule has 2 unspecified atom stereocenters. The summed E-state index contributed by atoms with van der Waals surface area (Å²) in [5.74, 6) is 0.324. The van der Waals surface area contributed by atoms with Gasteiger partial charge in [-0.05, 0) is 19.3 Å². The third-order valence-electron chi connectivity index (χ3n) is 2.38. The summed E-state index contributed by atoms with van der Waals surface area (Å²) in [6.07, 6.45) is 0.984. The molecule has 0 saturated carbocycles. The second kappa shape index (κ2) is 3.17. The van der Waals surface area contributed by atoms with Crippen molar-refractivity contribution in [2.24, 2.45) is 11.7 Å². The summed E-state index contributed by atoms with van der Waals surface area (Å²) in [5, 5.41) is 0. The fourth-order valence-electron chi connectivity index (χ4n) is 1.63. The monoisotopic (exact) mass is 168 g/mol. The largest absolute Gasteiger partial charge is 0.368 e. The van der Waals surface area contributed by atoms with Gasteiger partial charge in [-0.15, -0.1) is 0 Å². The van der Waals surface area contributed by atoms with Crippen molar-refractivity contribution in [1.82, 2.24) is 4.90 Å². The highest BCUT2D eigenvalue weighted by Gasteiger charge is 2.27. The van der Waals surface area contributed by atoms with Crippen molar-refractivity contribution in [2.75, 3.05) is 6.54 Å². The molecule has 2 N–H and O–H groups in total. The van der Waals surface area contributed by atoms with Gasteiger partial charge < -0.3 is 10.6 Å². The van der Waals surface area contributed by atoms with E-state index in [-0.39, 0.29) is 11.9 Å². The van der Waals surface area contributed by atoms with Gasteiger partial charge in [0.25, 0.3) is 0 Å². The van der Waals surface area contributed by atoms with Gasteiger partial charge in [0.05, 0.1) is 0 Å². The number of hydrogen-bond donors (Lipinski definition) is 1. The number of nitrogens with two attached hydrogens (primary N) is 1. The van der Waals surface area contributed by atoms with Crippen LogP contribution in [0.3, 0.4) is 0 Å². The first kappa shape index (κ1) is 9.10. The summed E-state index contributed by atoms with van der Waals surface area (Å²) in [5.41, 5.74) is 6.24. The van der Waals surface area contributed by atoms with E-state index in [0.29, 0.717) is 5.92 Å². The van der Waals surface area contributed by atoms with E-state index in [1.54, 1.807) is 0 Å². The van der Waals surface area contributed by atoms with Crippen molar-refractivity contribution in [3.63, 3.8) is 0 Å². The van der Waals surface area contributed by atoms with E-state index in [9.17, 15) is 4.79 Å². The van der Waals surface area contributed by atoms with Crippen LogP contribution < -0.4 is 5.73 Å². The molecule has 1 fully saturated rings. The van der Waals surface area contributed by atoms with Crippen LogP contribution in [0.15, 0.2) is 12.3 Å². The molecular weight excluding hydrogens is 152 g/mol. The number of nitrogens with zero attached hydrogens (tertiary/aromatic N) is 1. The average Bonchev–Trinajstić information content (AvgIpc) is 2.28. The number of rotatable bonds is 2. The second-order valence-electron chi connectivity index (χ2n) is 3.61. The quantitative estimate of drug-likeness (QED) is 0.660. The molecule has 3 nitrogen and oxygen atoms in total. The van der Waals surface area contributed by atoms with Gasteiger partial charge in [-0.3, -0.25) is 4.79 Å². The normalized spacial score (nSPS) is 26.0. The summed E-state index contributed by atoms with van der Waals surface area (Å²) >= 11 is 0. The number of amides is 1. The molecule has 0 radical (unpaired) electrons. The highest BCUT2D eigenvalue weighted by Crippen LogP contribution is 2.26. The average molecular weight is 168 g/mol. The molecular formula is C9H16N2O. The lowest BCUT2D eigenvalue weighted by atomic mass is 10.1. The van der Waals surface area contributed by atoms with E-state index in [1.807, 2.05) is 11.8 Å². The zero-order chi connectivity index (χ0) is 9.30. The Morgan fingerprint density at radius 2 is 2.42 bits per heavy atom. The Labute approximate surface area is 73.2 Å². The van der Waals surface area contributed by atoms with Gasteiger partial charge in [0.15, 0.2) is 0 Å². The highest BCUT2D eigenvalue weighted by molar-refractivity contribution is 5.79. The molecule has 1 heterocycles. The van der Waals surface area contributed by atoms with E-state index < -0.39 is 0 Å². The topological polar surface area (TPSA) is 46.3 Å². The van der Waals surface area contributed by atoms with Gasteiger partial charge in [0.1, 0.15) is 6.04 Å². The van der Waals surface area contributed by atoms with Crippen LogP contribution in [0.5, 0.6) is 0 Å². The van der Waals surface area contributed by atoms with Crippen molar-refractivity contribution in [2.45, 2.75) is 26.3 Å². The Hall–Kier alpha value is -0.990. The van der Waals surface area contributed by atoms with E-state index in [0.717, 1.165) is 18.7 Å². The van der Waals surface area contributed by atoms with Crippen LogP contribution in [0.1, 0.15) is 20.3 Å². The molecule has 1 saturated heterocycles. The highest BCUT2D eigenvalue weighted by atomic mass is 16.1. The zero-order valence-corrected chi connectivity index (χ0v) is 7.71. The summed E-state index contributed by atoms with van der Waals surface area (Å²) < 4.78 is 0. The summed E-state index contributed by atoms with van der Waals surface area (Å²) in [7, 11) is 0. The van der Waals surface area contributed by atoms with Gasteiger partial charge >= 0.3 is 0 Å². The van der Waals surface area contributed by atoms with Crippen molar-refractivity contribution < 1.29 is 4.79 Å². The molecule has 1 rings (SSSR count). The molecule has 0 aromatic heterocycles. The lowest BCUT2D eigenvalue weighted by molar-refractivity contribution is -0.121. The smallest absolute Gasteiger partial charge is 0.239 e. The van der Waals surface area contributed by atoms with Crippen molar-refractivity contribution in [3.05, 3.63) is 12.3 Å². The summed E-state index contributed by atoms with van der Waals surface area (Å²) in [6.45, 7) is 8.79. The van der Waals surface area contributed by atoms with Crippen LogP contribution in [0, 0.1) is 5.92 Å². The maximum absolute atomic E-state index is 10.9. The Balaban J connectivity index is 2.64. The first-order chi connectivity index (χ1) is 5.52. The van der Waals surface area contributed by atoms with Crippen molar-refractivity contribution in [3.8, 4) is 0 Å². The first-order valence-corrected chi connectivity index (χ1v) is 4.26. The van der Waals surface area contributed by atoms with E-state index in [2.05, 4.69) is 13.5 Å². The predicted octanol–water partition coefficient (Wildman–Crippen LogP) is 0.716. The number of allylic oxidation sites excluding steroid dienone is 1. The Morgan fingerprint density at radius 3 is 2.75 bits per heavy atom. The van der Waals surface area contributed by atoms with E-state index >= 15 is 0 Å². The fourth-order valence-corrected chi connectivity index (χ4v) is 1.63. The van der Waals surface area contributed by atoms with Crippen LogP contribution in [0.25, 0.3) is 0 Å². The molecule has 0 aromatic carbocycles. The van der Waals surface area contributed by atoms with Crippen LogP contribution in [-0.4, -0.2) is 23.4 Å². The zero-order valence-electron chi connectivity index (χ0n) is 7.71. The molecule has 0 aliphatic carbocycles. The van der Waals surface area contributed by atoms with Crippen molar-refractivity contribution >= 4 is 5.91 Å². The number of carbonyl (C=O) groups is 1. The minimum Gasteiger partial charge on any atom is -0.368 e. The second-order valence-corrected chi connectivity index (χ2v) is 3.61. The van der Waals surface area contributed by atoms with Gasteiger partial charge in [0.2, 0.25) is 5.91 Å². The minimum absolute atomic E-state index is 0.206. The number of likely N-dealkylation sites (tertiary alicyclic amines) is 1. The van der Waals surface area contributed by atoms with Gasteiger partial charge in [-0.2, -0.15) is 0 Å². The van der Waals surface area contributed by atoms with Crippen LogP contribution in [0.4, 0.5) is 0 Å². The SMILES string of the molecule is C=C1CC(C)CN1C(C)C(N)=O. The lowest BCUT2D eigenvalue weighted by Crippen LogP contribution is -2.40. The molecule has 1 aliphatic rings. The fraction of sp³-hybridized carbons (Fsp3) is 0.667. The Kier molecular flexibility index (Phi) is 2.40. The molecule has 0 spiro atoms. The van der Waals surface area contributed by atoms with Crippen LogP contribution in [0.2, 0.25) is 0 Å². The van der Waals surface area contributed by atoms with Gasteiger partial charge in [-0.1, -0.05) is 13.5 Å². The minimum atomic E-state index is -0.273. The summed E-state index contributed by atoms with van der Waals surface area (Å²) in [4.78, 5) is 12.9. The third kappa shape index (κ3) is 1.60. The summed E-state index contributed by atoms with van der Waals surface area (Å²) in [6, 6.07) is -0.206. The Bertz CT molecular complexity index is 213. The molecule has 12 heavy (non-hydrogen) atoms. The molecule has 2 atom stereocenters. The van der Waals surface area contributed by atoms with Crippen LogP contribution in [-0.2, 0) is 4.79 Å². The maximum atomic E-state index is 10.9. The number of carbonyl (C=O) groups excluding carboxylic acids is 1. The lowest BCUT2D eigenvalue weighted by Gasteiger charge is -2.24. The molecule has 1 amide bonds. The standard InChI is InChI=1S/C9H16N2O/c1-6-4-7(2)11(5-6)8(3)9(10)12/h6,8H,2,4-5H2,1,3H3,(H2,10,12). The van der Waals surface area contributed by atoms with Gasteiger partial charge in [0, 0.05) is 12.2 Å². The number of hydrogen-bond acceptors (Lipinski definition) is 2. The predicted molar refractivity (Wildman–Crippen MR) is 48.3 cm³/mol. The molecule has 0 aromatic rings. The van der Waals surface area contributed by atoms with E-state index in [1.165, 1.54) is 0 Å². The van der Waals surface area contributed by atoms with Gasteiger partial charge in [-0.25, -0.2) is 0 Å². The number of primary amides is 1. The van der Waals surface area contributed by atoms with E-state index in [4.69, 9.17) is 5.73 Å². The van der Waals surface area contributed by atoms with Crippen molar-refractivity contribution in [1.29, 1.82) is 0 Å². The molecule has 3 heteroatoms.